The van der Waals surface area contributed by atoms with Crippen molar-refractivity contribution >= 4 is 21.0 Å². The van der Waals surface area contributed by atoms with E-state index >= 15 is 0 Å². The van der Waals surface area contributed by atoms with Crippen LogP contribution in [0.5, 0.6) is 23.0 Å². The van der Waals surface area contributed by atoms with Gasteiger partial charge in [-0.05, 0) is 59.9 Å². The van der Waals surface area contributed by atoms with Gasteiger partial charge < -0.3 is 18.4 Å². The monoisotopic (exact) mass is 516 g/mol. The molecular weight excluding hydrogens is 492 g/mol. The van der Waals surface area contributed by atoms with Crippen LogP contribution in [0.4, 0.5) is 0 Å². The fourth-order valence-corrected chi connectivity index (χ4v) is 6.82. The maximum atomic E-state index is 13.6. The number of nitrogens with zero attached hydrogens (tertiary/aromatic N) is 2. The minimum absolute atomic E-state index is 0.0296. The van der Waals surface area contributed by atoms with Gasteiger partial charge in [-0.25, -0.2) is 0 Å². The normalized spacial score (nSPS) is 18.1. The number of hydrogen-bond donors (Lipinski definition) is 0. The molecule has 4 heterocycles. The Hall–Kier alpha value is -3.82. The van der Waals surface area contributed by atoms with Gasteiger partial charge in [-0.3, -0.25) is 9.88 Å². The molecule has 0 spiro atoms. The summed E-state index contributed by atoms with van der Waals surface area (Å²) in [5, 5.41) is 0.727. The molecule has 1 atom stereocenters. The van der Waals surface area contributed by atoms with Crippen LogP contribution in [0.15, 0.2) is 65.7 Å². The van der Waals surface area contributed by atoms with Crippen LogP contribution in [0.25, 0.3) is 10.9 Å². The topological polar surface area (TPSA) is 87.2 Å². The molecule has 3 aliphatic heterocycles. The Bertz CT molecular complexity index is 1660. The summed E-state index contributed by atoms with van der Waals surface area (Å²) in [5.74, 6) is 2.20. The number of aromatic nitrogens is 1. The highest BCUT2D eigenvalue weighted by Gasteiger charge is 2.36. The maximum Gasteiger partial charge on any atom is 0.341 e. The minimum Gasteiger partial charge on any atom is -0.493 e. The van der Waals surface area contributed by atoms with Crippen molar-refractivity contribution in [3.05, 3.63) is 83.0 Å². The summed E-state index contributed by atoms with van der Waals surface area (Å²) in [6.07, 6.45) is 3.17. The van der Waals surface area contributed by atoms with E-state index in [0.29, 0.717) is 17.8 Å². The lowest BCUT2D eigenvalue weighted by atomic mass is 9.83. The first-order valence-electron chi connectivity index (χ1n) is 12.2. The van der Waals surface area contributed by atoms with Crippen LogP contribution in [0, 0.1) is 0 Å². The molecule has 0 saturated heterocycles. The van der Waals surface area contributed by atoms with Gasteiger partial charge in [0.05, 0.1) is 12.6 Å². The quantitative estimate of drug-likeness (QED) is 0.369. The van der Waals surface area contributed by atoms with Gasteiger partial charge in [-0.2, -0.15) is 8.42 Å². The first-order valence-corrected chi connectivity index (χ1v) is 13.6. The third kappa shape index (κ3) is 3.60. The van der Waals surface area contributed by atoms with Gasteiger partial charge in [0.25, 0.3) is 0 Å². The molecule has 9 heteroatoms. The number of pyridine rings is 1. The predicted molar refractivity (Wildman–Crippen MR) is 136 cm³/mol. The van der Waals surface area contributed by atoms with Gasteiger partial charge in [0.2, 0.25) is 6.79 Å². The Balaban J connectivity index is 1.29. The average Bonchev–Trinajstić information content (AvgIpc) is 3.38. The molecule has 188 valence electrons. The lowest BCUT2D eigenvalue weighted by Gasteiger charge is -2.42. The number of hydrogen-bond acceptors (Lipinski definition) is 8. The zero-order valence-corrected chi connectivity index (χ0v) is 21.0. The van der Waals surface area contributed by atoms with Crippen LogP contribution in [-0.4, -0.2) is 38.7 Å². The number of ether oxygens (including phenoxy) is 3. The SMILES string of the molecule is COc1ccc2c(c1OS(=O)(=O)c1cccc3cccnc13)CN1CCc3cc4c(cc3C1C2)OCO4. The van der Waals surface area contributed by atoms with Gasteiger partial charge in [0.1, 0.15) is 4.90 Å². The van der Waals surface area contributed by atoms with E-state index < -0.39 is 10.1 Å². The van der Waals surface area contributed by atoms with Gasteiger partial charge in [0, 0.05) is 36.3 Å². The number of para-hydroxylation sites is 1. The molecule has 7 rings (SSSR count). The van der Waals surface area contributed by atoms with Crippen LogP contribution in [0.1, 0.15) is 28.3 Å². The molecule has 8 nitrogen and oxygen atoms in total. The molecular formula is C28H24N2O6S. The fourth-order valence-electron chi connectivity index (χ4n) is 5.68. The van der Waals surface area contributed by atoms with Crippen LogP contribution >= 0.6 is 0 Å². The van der Waals surface area contributed by atoms with Crippen LogP contribution in [0.3, 0.4) is 0 Å². The molecule has 4 aromatic rings. The highest BCUT2D eigenvalue weighted by molar-refractivity contribution is 7.87. The van der Waals surface area contributed by atoms with Gasteiger partial charge in [-0.1, -0.05) is 24.3 Å². The first kappa shape index (κ1) is 22.4. The summed E-state index contributed by atoms with van der Waals surface area (Å²) in [7, 11) is -2.66. The third-order valence-electron chi connectivity index (χ3n) is 7.48. The van der Waals surface area contributed by atoms with Crippen molar-refractivity contribution in [1.29, 1.82) is 0 Å². The summed E-state index contributed by atoms with van der Waals surface area (Å²) >= 11 is 0. The van der Waals surface area contributed by atoms with E-state index in [1.807, 2.05) is 18.2 Å². The fraction of sp³-hybridized carbons (Fsp3) is 0.250. The van der Waals surface area contributed by atoms with Crippen LogP contribution < -0.4 is 18.4 Å². The molecule has 3 aromatic carbocycles. The predicted octanol–water partition coefficient (Wildman–Crippen LogP) is 4.40. The second-order valence-corrected chi connectivity index (χ2v) is 11.0. The first-order chi connectivity index (χ1) is 18.0. The number of rotatable bonds is 4. The highest BCUT2D eigenvalue weighted by atomic mass is 32.2. The van der Waals surface area contributed by atoms with Crippen molar-refractivity contribution in [2.24, 2.45) is 0 Å². The lowest BCUT2D eigenvalue weighted by Crippen LogP contribution is -2.39. The van der Waals surface area contributed by atoms with Crippen LogP contribution in [0.2, 0.25) is 0 Å². The molecule has 0 fully saturated rings. The second-order valence-electron chi connectivity index (χ2n) is 9.45. The molecule has 1 aromatic heterocycles. The molecule has 3 aliphatic rings. The van der Waals surface area contributed by atoms with Gasteiger partial charge in [-0.15, -0.1) is 0 Å². The summed E-state index contributed by atoms with van der Waals surface area (Å²) in [4.78, 5) is 6.70. The average molecular weight is 517 g/mol. The Morgan fingerprint density at radius 2 is 1.86 bits per heavy atom. The van der Waals surface area contributed by atoms with Crippen molar-refractivity contribution in [3.8, 4) is 23.0 Å². The Labute approximate surface area is 214 Å². The summed E-state index contributed by atoms with van der Waals surface area (Å²) < 4.78 is 49.8. The van der Waals surface area contributed by atoms with Crippen LogP contribution in [-0.2, 0) is 29.5 Å². The van der Waals surface area contributed by atoms with E-state index in [9.17, 15) is 8.42 Å². The van der Waals surface area contributed by atoms with Gasteiger partial charge in [0.15, 0.2) is 23.0 Å². The van der Waals surface area contributed by atoms with Crippen molar-refractivity contribution in [2.75, 3.05) is 20.4 Å². The van der Waals surface area contributed by atoms with E-state index in [2.05, 4.69) is 22.0 Å². The zero-order chi connectivity index (χ0) is 25.1. The van der Waals surface area contributed by atoms with E-state index in [1.165, 1.54) is 24.3 Å². The molecule has 0 saturated carbocycles. The Morgan fingerprint density at radius 3 is 2.73 bits per heavy atom. The Morgan fingerprint density at radius 1 is 1.03 bits per heavy atom. The Kier molecular flexibility index (Phi) is 5.06. The smallest absolute Gasteiger partial charge is 0.341 e. The molecule has 0 aliphatic carbocycles. The number of benzene rings is 3. The van der Waals surface area contributed by atoms with Gasteiger partial charge >= 0.3 is 10.1 Å². The summed E-state index contributed by atoms with van der Waals surface area (Å²) in [5.41, 5.74) is 4.74. The van der Waals surface area contributed by atoms with E-state index in [1.54, 1.807) is 24.4 Å². The molecule has 37 heavy (non-hydrogen) atoms. The minimum atomic E-state index is -4.18. The molecule has 0 bridgehead atoms. The van der Waals surface area contributed by atoms with Crippen molar-refractivity contribution in [1.82, 2.24) is 9.88 Å². The zero-order valence-electron chi connectivity index (χ0n) is 20.1. The lowest BCUT2D eigenvalue weighted by molar-refractivity contribution is 0.159. The van der Waals surface area contributed by atoms with E-state index in [4.69, 9.17) is 18.4 Å². The summed E-state index contributed by atoms with van der Waals surface area (Å²) in [6.45, 7) is 1.63. The molecule has 1 unspecified atom stereocenters. The third-order valence-corrected chi connectivity index (χ3v) is 8.73. The maximum absolute atomic E-state index is 13.6. The molecule has 0 amide bonds. The van der Waals surface area contributed by atoms with E-state index in [-0.39, 0.29) is 23.5 Å². The highest BCUT2D eigenvalue weighted by Crippen LogP contribution is 2.47. The standard InChI is InChI=1S/C28H24N2O6S/c1-33-23-8-7-18-12-22-20-14-25-24(34-16-35-25)13-19(20)9-11-30(22)15-21(18)28(23)36-37(31,32)26-6-2-4-17-5-3-10-29-27(17)26/h2-8,10,13-14,22H,9,11-12,15-16H2,1H3. The molecule has 0 radical (unpaired) electrons. The molecule has 0 N–H and O–H groups in total. The van der Waals surface area contributed by atoms with Crippen molar-refractivity contribution < 1.29 is 26.8 Å². The van der Waals surface area contributed by atoms with Crippen molar-refractivity contribution in [2.45, 2.75) is 30.3 Å². The van der Waals surface area contributed by atoms with Crippen molar-refractivity contribution in [3.63, 3.8) is 0 Å². The van der Waals surface area contributed by atoms with E-state index in [0.717, 1.165) is 47.4 Å². The largest absolute Gasteiger partial charge is 0.493 e. The second kappa shape index (κ2) is 8.36. The summed E-state index contributed by atoms with van der Waals surface area (Å²) in [6, 6.07) is 16.8. The number of methoxy groups -OCH3 is 1. The number of fused-ring (bicyclic) bond motifs is 6.